The van der Waals surface area contributed by atoms with Crippen molar-refractivity contribution in [2.75, 3.05) is 0 Å². The van der Waals surface area contributed by atoms with Crippen LogP contribution in [0.15, 0.2) is 9.59 Å². The molecular formula is C16H27ClN2O2. The van der Waals surface area contributed by atoms with Crippen molar-refractivity contribution in [3.8, 4) is 0 Å². The molecule has 0 aliphatic heterocycles. The fraction of sp³-hybridized carbons (Fsp3) is 0.750. The van der Waals surface area contributed by atoms with Crippen LogP contribution >= 0.6 is 11.6 Å². The minimum absolute atomic E-state index is 0.0800. The molecule has 4 nitrogen and oxygen atoms in total. The van der Waals surface area contributed by atoms with E-state index >= 15 is 0 Å². The van der Waals surface area contributed by atoms with Gasteiger partial charge in [-0.1, -0.05) is 65.0 Å². The van der Waals surface area contributed by atoms with E-state index in [1.807, 2.05) is 6.92 Å². The Bertz CT molecular complexity index is 573. The number of aromatic amines is 1. The summed E-state index contributed by atoms with van der Waals surface area (Å²) < 4.78 is 1.31. The molecule has 0 bridgehead atoms. The van der Waals surface area contributed by atoms with Gasteiger partial charge in [-0.25, -0.2) is 4.79 Å². The highest BCUT2D eigenvalue weighted by molar-refractivity contribution is 6.30. The molecular weight excluding hydrogens is 288 g/mol. The van der Waals surface area contributed by atoms with Crippen LogP contribution in [0.3, 0.4) is 0 Å². The van der Waals surface area contributed by atoms with Crippen LogP contribution in [0.2, 0.25) is 5.15 Å². The summed E-state index contributed by atoms with van der Waals surface area (Å²) in [4.78, 5) is 27.1. The van der Waals surface area contributed by atoms with Crippen LogP contribution < -0.4 is 11.2 Å². The van der Waals surface area contributed by atoms with E-state index in [4.69, 9.17) is 11.6 Å². The van der Waals surface area contributed by atoms with Gasteiger partial charge in [0.25, 0.3) is 5.56 Å². The van der Waals surface area contributed by atoms with Gasteiger partial charge in [-0.05, 0) is 18.3 Å². The van der Waals surface area contributed by atoms with E-state index in [2.05, 4.69) is 25.8 Å². The number of halogens is 1. The van der Waals surface area contributed by atoms with E-state index in [0.29, 0.717) is 18.5 Å². The molecule has 0 saturated carbocycles. The molecule has 1 aromatic heterocycles. The van der Waals surface area contributed by atoms with Crippen molar-refractivity contribution in [1.82, 2.24) is 9.55 Å². The first-order valence-corrected chi connectivity index (χ1v) is 8.21. The van der Waals surface area contributed by atoms with Gasteiger partial charge in [0.2, 0.25) is 0 Å². The van der Waals surface area contributed by atoms with Crippen molar-refractivity contribution in [2.24, 2.45) is 5.41 Å². The number of unbranched alkanes of at least 4 members (excludes halogenated alkanes) is 2. The van der Waals surface area contributed by atoms with Crippen LogP contribution in [0.4, 0.5) is 0 Å². The first kappa shape index (κ1) is 18.0. The topological polar surface area (TPSA) is 54.9 Å². The lowest BCUT2D eigenvalue weighted by Gasteiger charge is -2.25. The Balaban J connectivity index is 3.05. The molecule has 0 amide bonds. The number of hydrogen-bond donors (Lipinski definition) is 1. The third-order valence-electron chi connectivity index (χ3n) is 3.77. The van der Waals surface area contributed by atoms with Crippen LogP contribution in [0.5, 0.6) is 0 Å². The summed E-state index contributed by atoms with van der Waals surface area (Å²) in [5, 5.41) is 0.187. The smallest absolute Gasteiger partial charge is 0.297 e. The molecule has 5 heteroatoms. The zero-order valence-corrected chi connectivity index (χ0v) is 14.3. The number of hydrogen-bond acceptors (Lipinski definition) is 2. The standard InChI is InChI=1S/C16H27ClN2O2/c1-5-7-8-10-16(3,4)11-19-14(20)12(9-6-2)13(17)18-15(19)21/h5-11H2,1-4H3,(H,18,21). The molecule has 21 heavy (non-hydrogen) atoms. The van der Waals surface area contributed by atoms with Crippen LogP contribution in [-0.4, -0.2) is 9.55 Å². The number of H-pyrrole nitrogens is 1. The van der Waals surface area contributed by atoms with Gasteiger partial charge in [-0.3, -0.25) is 14.3 Å². The maximum absolute atomic E-state index is 12.5. The molecule has 0 aromatic carbocycles. The lowest BCUT2D eigenvalue weighted by Crippen LogP contribution is -2.41. The van der Waals surface area contributed by atoms with Gasteiger partial charge in [-0.15, -0.1) is 0 Å². The monoisotopic (exact) mass is 314 g/mol. The van der Waals surface area contributed by atoms with Crippen LogP contribution in [-0.2, 0) is 13.0 Å². The average molecular weight is 315 g/mol. The Morgan fingerprint density at radius 3 is 2.38 bits per heavy atom. The largest absolute Gasteiger partial charge is 0.329 e. The molecule has 1 heterocycles. The normalized spacial score (nSPS) is 11.9. The Kier molecular flexibility index (Phi) is 6.72. The summed E-state index contributed by atoms with van der Waals surface area (Å²) in [7, 11) is 0. The first-order chi connectivity index (χ1) is 9.82. The predicted molar refractivity (Wildman–Crippen MR) is 88.3 cm³/mol. The summed E-state index contributed by atoms with van der Waals surface area (Å²) in [6, 6.07) is 0. The quantitative estimate of drug-likeness (QED) is 0.587. The number of nitrogens with zero attached hydrogens (tertiary/aromatic N) is 1. The van der Waals surface area contributed by atoms with Gasteiger partial charge < -0.3 is 0 Å². The Hall–Kier alpha value is -1.03. The van der Waals surface area contributed by atoms with E-state index in [-0.39, 0.29) is 16.1 Å². The van der Waals surface area contributed by atoms with Crippen molar-refractivity contribution >= 4 is 11.6 Å². The second-order valence-electron chi connectivity index (χ2n) is 6.49. The highest BCUT2D eigenvalue weighted by Gasteiger charge is 2.22. The van der Waals surface area contributed by atoms with Gasteiger partial charge in [-0.2, -0.15) is 0 Å². The highest BCUT2D eigenvalue weighted by Crippen LogP contribution is 2.25. The Morgan fingerprint density at radius 2 is 1.81 bits per heavy atom. The lowest BCUT2D eigenvalue weighted by molar-refractivity contribution is 0.262. The van der Waals surface area contributed by atoms with Gasteiger partial charge in [0.15, 0.2) is 0 Å². The second-order valence-corrected chi connectivity index (χ2v) is 6.86. The third-order valence-corrected chi connectivity index (χ3v) is 4.10. The van der Waals surface area contributed by atoms with Crippen LogP contribution in [0.1, 0.15) is 65.4 Å². The third kappa shape index (κ3) is 5.03. The van der Waals surface area contributed by atoms with E-state index in [1.54, 1.807) is 0 Å². The Labute approximate surface area is 131 Å². The second kappa shape index (κ2) is 7.83. The zero-order chi connectivity index (χ0) is 16.0. The van der Waals surface area contributed by atoms with E-state index in [0.717, 1.165) is 25.7 Å². The zero-order valence-electron chi connectivity index (χ0n) is 13.6. The molecule has 0 radical (unpaired) electrons. The van der Waals surface area contributed by atoms with Crippen molar-refractivity contribution < 1.29 is 0 Å². The minimum Gasteiger partial charge on any atom is -0.297 e. The molecule has 120 valence electrons. The molecule has 0 saturated heterocycles. The molecule has 1 aromatic rings. The van der Waals surface area contributed by atoms with Crippen molar-refractivity contribution in [3.63, 3.8) is 0 Å². The van der Waals surface area contributed by atoms with Crippen LogP contribution in [0.25, 0.3) is 0 Å². The molecule has 0 atom stereocenters. The first-order valence-electron chi connectivity index (χ1n) is 7.84. The predicted octanol–water partition coefficient (Wildman–Crippen LogP) is 3.75. The summed E-state index contributed by atoms with van der Waals surface area (Å²) in [5.41, 5.74) is -0.214. The molecule has 0 aliphatic carbocycles. The molecule has 0 fully saturated rings. The van der Waals surface area contributed by atoms with Gasteiger partial charge >= 0.3 is 5.69 Å². The van der Waals surface area contributed by atoms with Crippen molar-refractivity contribution in [3.05, 3.63) is 31.6 Å². The van der Waals surface area contributed by atoms with Crippen molar-refractivity contribution in [2.45, 2.75) is 72.8 Å². The maximum atomic E-state index is 12.5. The summed E-state index contributed by atoms with van der Waals surface area (Å²) in [5.74, 6) is 0. The summed E-state index contributed by atoms with van der Waals surface area (Å²) >= 11 is 5.99. The number of aromatic nitrogens is 2. The SMILES string of the molecule is CCCCCC(C)(C)Cn1c(=O)[nH]c(Cl)c(CCC)c1=O. The van der Waals surface area contributed by atoms with Crippen molar-refractivity contribution in [1.29, 1.82) is 0 Å². The van der Waals surface area contributed by atoms with Gasteiger partial charge in [0, 0.05) is 6.54 Å². The summed E-state index contributed by atoms with van der Waals surface area (Å²) in [6.07, 6.45) is 5.87. The Morgan fingerprint density at radius 1 is 1.14 bits per heavy atom. The van der Waals surface area contributed by atoms with E-state index in [1.165, 1.54) is 11.0 Å². The molecule has 0 aliphatic rings. The molecule has 0 spiro atoms. The number of nitrogens with one attached hydrogen (secondary N) is 1. The van der Waals surface area contributed by atoms with Gasteiger partial charge in [0.1, 0.15) is 5.15 Å². The summed E-state index contributed by atoms with van der Waals surface area (Å²) in [6.45, 7) is 8.78. The minimum atomic E-state index is -0.409. The lowest BCUT2D eigenvalue weighted by atomic mass is 9.86. The highest BCUT2D eigenvalue weighted by atomic mass is 35.5. The van der Waals surface area contributed by atoms with E-state index < -0.39 is 5.69 Å². The van der Waals surface area contributed by atoms with Crippen LogP contribution in [0, 0.1) is 5.41 Å². The van der Waals surface area contributed by atoms with E-state index in [9.17, 15) is 9.59 Å². The molecule has 0 unspecified atom stereocenters. The molecule has 1 N–H and O–H groups in total. The fourth-order valence-corrected chi connectivity index (χ4v) is 2.81. The fourth-order valence-electron chi connectivity index (χ4n) is 2.56. The maximum Gasteiger partial charge on any atom is 0.329 e. The molecule has 1 rings (SSSR count). The average Bonchev–Trinajstić information content (AvgIpc) is 2.40. The van der Waals surface area contributed by atoms with Gasteiger partial charge in [0.05, 0.1) is 5.56 Å². The number of rotatable bonds is 8.